The fourth-order valence-corrected chi connectivity index (χ4v) is 1.94. The van der Waals surface area contributed by atoms with E-state index in [-0.39, 0.29) is 5.56 Å². The summed E-state index contributed by atoms with van der Waals surface area (Å²) < 4.78 is 1.27. The zero-order chi connectivity index (χ0) is 13.3. The topological polar surface area (TPSA) is 59.3 Å². The van der Waals surface area contributed by atoms with Crippen LogP contribution in [0.25, 0.3) is 11.1 Å². The first-order chi connectivity index (χ1) is 8.52. The summed E-state index contributed by atoms with van der Waals surface area (Å²) in [5.41, 5.74) is 1.49. The highest BCUT2D eigenvalue weighted by molar-refractivity contribution is 5.96. The van der Waals surface area contributed by atoms with Crippen molar-refractivity contribution in [2.45, 2.75) is 6.92 Å². The van der Waals surface area contributed by atoms with Crippen LogP contribution < -0.4 is 5.56 Å². The number of aromatic nitrogens is 1. The van der Waals surface area contributed by atoms with Crippen LogP contribution in [0.4, 0.5) is 0 Å². The van der Waals surface area contributed by atoms with Crippen molar-refractivity contribution in [2.24, 2.45) is 7.05 Å². The molecule has 0 aliphatic heterocycles. The van der Waals surface area contributed by atoms with Crippen LogP contribution in [0.15, 0.2) is 41.3 Å². The maximum Gasteiger partial charge on any atom is 0.341 e. The van der Waals surface area contributed by atoms with E-state index in [0.717, 1.165) is 11.1 Å². The molecule has 0 aliphatic rings. The van der Waals surface area contributed by atoms with Gasteiger partial charge in [-0.15, -0.1) is 0 Å². The largest absolute Gasteiger partial charge is 0.477 e. The Morgan fingerprint density at radius 3 is 2.44 bits per heavy atom. The van der Waals surface area contributed by atoms with Gasteiger partial charge in [0.25, 0.3) is 5.56 Å². The van der Waals surface area contributed by atoms with Gasteiger partial charge in [-0.1, -0.05) is 24.3 Å². The van der Waals surface area contributed by atoms with Crippen LogP contribution in [0.2, 0.25) is 0 Å². The van der Waals surface area contributed by atoms with Crippen molar-refractivity contribution in [3.8, 4) is 11.1 Å². The van der Waals surface area contributed by atoms with Crippen molar-refractivity contribution in [2.75, 3.05) is 0 Å². The molecule has 0 saturated carbocycles. The smallest absolute Gasteiger partial charge is 0.341 e. The molecule has 1 aromatic heterocycles. The minimum atomic E-state index is -1.20. The molecule has 4 nitrogen and oxygen atoms in total. The molecule has 92 valence electrons. The van der Waals surface area contributed by atoms with Crippen molar-refractivity contribution in [1.29, 1.82) is 0 Å². The number of pyridine rings is 1. The number of carboxylic acid groups (broad SMARTS) is 1. The zero-order valence-corrected chi connectivity index (χ0v) is 10.2. The molecule has 0 atom stereocenters. The van der Waals surface area contributed by atoms with E-state index < -0.39 is 11.5 Å². The number of hydrogen-bond donors (Lipinski definition) is 1. The summed E-state index contributed by atoms with van der Waals surface area (Å²) in [6.07, 6.45) is 1.58. The third-order valence-electron chi connectivity index (χ3n) is 2.92. The first-order valence-electron chi connectivity index (χ1n) is 5.51. The van der Waals surface area contributed by atoms with Crippen LogP contribution in [-0.2, 0) is 7.05 Å². The summed E-state index contributed by atoms with van der Waals surface area (Å²) >= 11 is 0. The second-order valence-corrected chi connectivity index (χ2v) is 4.14. The van der Waals surface area contributed by atoms with Gasteiger partial charge in [0.2, 0.25) is 0 Å². The molecular formula is C14H13NO3. The van der Waals surface area contributed by atoms with E-state index in [9.17, 15) is 14.7 Å². The van der Waals surface area contributed by atoms with Gasteiger partial charge in [-0.3, -0.25) is 4.79 Å². The van der Waals surface area contributed by atoms with E-state index in [1.807, 2.05) is 31.2 Å². The Morgan fingerprint density at radius 1 is 1.17 bits per heavy atom. The third-order valence-corrected chi connectivity index (χ3v) is 2.92. The number of carboxylic acids is 1. The van der Waals surface area contributed by atoms with Gasteiger partial charge in [0.1, 0.15) is 5.56 Å². The van der Waals surface area contributed by atoms with Gasteiger partial charge in [0.15, 0.2) is 0 Å². The Labute approximate surface area is 104 Å². The summed E-state index contributed by atoms with van der Waals surface area (Å²) in [7, 11) is 1.54. The van der Waals surface area contributed by atoms with Crippen LogP contribution in [-0.4, -0.2) is 15.6 Å². The molecule has 1 aromatic carbocycles. The molecule has 2 rings (SSSR count). The van der Waals surface area contributed by atoms with Gasteiger partial charge in [-0.05, 0) is 24.1 Å². The van der Waals surface area contributed by atoms with Gasteiger partial charge in [0, 0.05) is 18.8 Å². The van der Waals surface area contributed by atoms with Crippen molar-refractivity contribution >= 4 is 5.97 Å². The molecule has 0 bridgehead atoms. The quantitative estimate of drug-likeness (QED) is 0.878. The molecule has 0 saturated heterocycles. The van der Waals surface area contributed by atoms with Crippen LogP contribution >= 0.6 is 0 Å². The number of carbonyl (C=O) groups is 1. The second-order valence-electron chi connectivity index (χ2n) is 4.14. The summed E-state index contributed by atoms with van der Waals surface area (Å²) in [6.45, 7) is 1.89. The van der Waals surface area contributed by atoms with Gasteiger partial charge in [0.05, 0.1) is 0 Å². The van der Waals surface area contributed by atoms with Crippen LogP contribution in [0.3, 0.4) is 0 Å². The van der Waals surface area contributed by atoms with Crippen molar-refractivity contribution in [3.05, 3.63) is 58.0 Å². The van der Waals surface area contributed by atoms with Crippen molar-refractivity contribution in [3.63, 3.8) is 0 Å². The minimum absolute atomic E-state index is 0.186. The second kappa shape index (κ2) is 4.49. The normalized spacial score (nSPS) is 10.3. The third kappa shape index (κ3) is 1.93. The summed E-state index contributed by atoms with van der Waals surface area (Å²) in [5, 5.41) is 9.21. The molecule has 18 heavy (non-hydrogen) atoms. The lowest BCUT2D eigenvalue weighted by atomic mass is 9.97. The molecule has 0 amide bonds. The van der Waals surface area contributed by atoms with Gasteiger partial charge in [-0.2, -0.15) is 0 Å². The number of aromatic carboxylic acids is 1. The number of nitrogens with zero attached hydrogens (tertiary/aromatic N) is 1. The molecule has 2 aromatic rings. The molecular weight excluding hydrogens is 230 g/mol. The van der Waals surface area contributed by atoms with E-state index in [2.05, 4.69) is 0 Å². The van der Waals surface area contributed by atoms with Gasteiger partial charge >= 0.3 is 5.97 Å². The molecule has 0 fully saturated rings. The lowest BCUT2D eigenvalue weighted by Gasteiger charge is -2.10. The molecule has 0 spiro atoms. The summed E-state index contributed by atoms with van der Waals surface area (Å²) in [6, 6.07) is 9.06. The van der Waals surface area contributed by atoms with Gasteiger partial charge in [-0.25, -0.2) is 4.79 Å². The monoisotopic (exact) mass is 243 g/mol. The summed E-state index contributed by atoms with van der Waals surface area (Å²) in [4.78, 5) is 23.2. The highest BCUT2D eigenvalue weighted by Gasteiger charge is 2.17. The molecule has 4 heteroatoms. The zero-order valence-electron chi connectivity index (χ0n) is 10.2. The van der Waals surface area contributed by atoms with E-state index >= 15 is 0 Å². The Morgan fingerprint density at radius 2 is 1.83 bits per heavy atom. The number of hydrogen-bond acceptors (Lipinski definition) is 2. The maximum absolute atomic E-state index is 11.9. The van der Waals surface area contributed by atoms with Crippen LogP contribution in [0.1, 0.15) is 15.9 Å². The summed E-state index contributed by atoms with van der Waals surface area (Å²) in [5.74, 6) is -1.20. The van der Waals surface area contributed by atoms with E-state index in [1.54, 1.807) is 12.3 Å². The fraction of sp³-hybridized carbons (Fsp3) is 0.143. The Hall–Kier alpha value is -2.36. The molecule has 0 radical (unpaired) electrons. The van der Waals surface area contributed by atoms with Crippen LogP contribution in [0, 0.1) is 6.92 Å². The van der Waals surface area contributed by atoms with E-state index in [4.69, 9.17) is 0 Å². The molecule has 0 aliphatic carbocycles. The fourth-order valence-electron chi connectivity index (χ4n) is 1.94. The SMILES string of the molecule is Cc1ccccc1-c1ccn(C)c(=O)c1C(=O)O. The molecule has 1 heterocycles. The Kier molecular flexibility index (Phi) is 3.02. The van der Waals surface area contributed by atoms with Crippen LogP contribution in [0.5, 0.6) is 0 Å². The molecule has 0 unspecified atom stereocenters. The minimum Gasteiger partial charge on any atom is -0.477 e. The number of benzene rings is 1. The maximum atomic E-state index is 11.9. The lowest BCUT2D eigenvalue weighted by Crippen LogP contribution is -2.24. The van der Waals surface area contributed by atoms with Gasteiger partial charge < -0.3 is 9.67 Å². The average Bonchev–Trinajstić information content (AvgIpc) is 2.33. The number of rotatable bonds is 2. The number of aryl methyl sites for hydroxylation is 2. The first-order valence-corrected chi connectivity index (χ1v) is 5.51. The highest BCUT2D eigenvalue weighted by atomic mass is 16.4. The predicted molar refractivity (Wildman–Crippen MR) is 68.8 cm³/mol. The van der Waals surface area contributed by atoms with E-state index in [0.29, 0.717) is 5.56 Å². The van der Waals surface area contributed by atoms with E-state index in [1.165, 1.54) is 11.6 Å². The highest BCUT2D eigenvalue weighted by Crippen LogP contribution is 2.24. The first kappa shape index (κ1) is 12.1. The van der Waals surface area contributed by atoms with Crippen molar-refractivity contribution in [1.82, 2.24) is 4.57 Å². The van der Waals surface area contributed by atoms with Crippen molar-refractivity contribution < 1.29 is 9.90 Å². The predicted octanol–water partition coefficient (Wildman–Crippen LogP) is 2.06. The standard InChI is InChI=1S/C14H13NO3/c1-9-5-3-4-6-10(9)11-7-8-15(2)13(16)12(11)14(17)18/h3-8H,1-2H3,(H,17,18). The molecule has 1 N–H and O–H groups in total. The average molecular weight is 243 g/mol. The Balaban J connectivity index is 2.81. The Bertz CT molecular complexity index is 671. The lowest BCUT2D eigenvalue weighted by molar-refractivity contribution is 0.0695.